The van der Waals surface area contributed by atoms with Gasteiger partial charge in [-0.2, -0.15) is 0 Å². The number of hydrogen-bond donors (Lipinski definition) is 1. The minimum Gasteiger partial charge on any atom is -0.324 e. The Balaban J connectivity index is 2.07. The fourth-order valence-corrected chi connectivity index (χ4v) is 2.35. The largest absolute Gasteiger partial charge is 0.324 e. The van der Waals surface area contributed by atoms with Crippen LogP contribution in [0.15, 0.2) is 18.2 Å². The van der Waals surface area contributed by atoms with E-state index in [0.717, 1.165) is 31.5 Å². The van der Waals surface area contributed by atoms with E-state index < -0.39 is 0 Å². The monoisotopic (exact) mass is 250 g/mol. The van der Waals surface area contributed by atoms with E-state index in [1.165, 1.54) is 6.07 Å². The summed E-state index contributed by atoms with van der Waals surface area (Å²) in [7, 11) is 0. The third kappa shape index (κ3) is 2.81. The summed E-state index contributed by atoms with van der Waals surface area (Å²) in [6.07, 6.45) is 2.17. The van der Waals surface area contributed by atoms with E-state index in [1.807, 2.05) is 0 Å². The Bertz CT molecular complexity index is 427. The van der Waals surface area contributed by atoms with Crippen LogP contribution in [0.5, 0.6) is 0 Å². The molecule has 0 aliphatic carbocycles. The average molecular weight is 250 g/mol. The Labute approximate surface area is 107 Å². The first-order valence-corrected chi connectivity index (χ1v) is 6.39. The van der Waals surface area contributed by atoms with Gasteiger partial charge in [0.25, 0.3) is 0 Å². The van der Waals surface area contributed by atoms with Crippen molar-refractivity contribution in [2.75, 3.05) is 18.4 Å². The summed E-state index contributed by atoms with van der Waals surface area (Å²) in [5, 5.41) is 2.68. The lowest BCUT2D eigenvalue weighted by Gasteiger charge is -2.31. The number of aryl methyl sites for hydroxylation is 1. The lowest BCUT2D eigenvalue weighted by atomic mass is 10.0. The molecule has 1 aliphatic heterocycles. The van der Waals surface area contributed by atoms with Crippen LogP contribution in [0.2, 0.25) is 0 Å². The van der Waals surface area contributed by atoms with Gasteiger partial charge in [0.15, 0.2) is 0 Å². The lowest BCUT2D eigenvalue weighted by Crippen LogP contribution is -2.41. The van der Waals surface area contributed by atoms with E-state index in [1.54, 1.807) is 24.0 Å². The molecule has 0 spiro atoms. The molecule has 3 nitrogen and oxygen atoms in total. The maximum atomic E-state index is 13.6. The molecule has 1 unspecified atom stereocenters. The summed E-state index contributed by atoms with van der Waals surface area (Å²) in [5.41, 5.74) is 1.04. The molecule has 1 heterocycles. The number of urea groups is 1. The first-order valence-electron chi connectivity index (χ1n) is 6.39. The summed E-state index contributed by atoms with van der Waals surface area (Å²) < 4.78 is 13.6. The third-order valence-electron chi connectivity index (χ3n) is 3.40. The molecule has 1 aromatic rings. The molecule has 0 saturated carbocycles. The van der Waals surface area contributed by atoms with Crippen LogP contribution < -0.4 is 5.32 Å². The highest BCUT2D eigenvalue weighted by Gasteiger charge is 2.21. The minimum absolute atomic E-state index is 0.199. The number of anilines is 1. The molecular formula is C14H19FN2O. The zero-order chi connectivity index (χ0) is 13.1. The van der Waals surface area contributed by atoms with Crippen molar-refractivity contribution >= 4 is 11.7 Å². The summed E-state index contributed by atoms with van der Waals surface area (Å²) in [6, 6.07) is 4.59. The Morgan fingerprint density at radius 3 is 2.94 bits per heavy atom. The van der Waals surface area contributed by atoms with Crippen molar-refractivity contribution in [3.63, 3.8) is 0 Å². The van der Waals surface area contributed by atoms with Gasteiger partial charge in [-0.3, -0.25) is 0 Å². The van der Waals surface area contributed by atoms with Gasteiger partial charge in [0, 0.05) is 13.1 Å². The minimum atomic E-state index is -0.381. The molecule has 1 aromatic carbocycles. The second-order valence-corrected chi connectivity index (χ2v) is 5.06. The Hall–Kier alpha value is -1.58. The highest BCUT2D eigenvalue weighted by Crippen LogP contribution is 2.21. The molecule has 18 heavy (non-hydrogen) atoms. The first kappa shape index (κ1) is 12.9. The number of nitrogens with one attached hydrogen (secondary N) is 1. The molecular weight excluding hydrogens is 231 g/mol. The van der Waals surface area contributed by atoms with Crippen molar-refractivity contribution in [2.45, 2.75) is 26.7 Å². The summed E-state index contributed by atoms with van der Waals surface area (Å²) >= 11 is 0. The van der Waals surface area contributed by atoms with Gasteiger partial charge in [0.1, 0.15) is 5.82 Å². The van der Waals surface area contributed by atoms with E-state index in [2.05, 4.69) is 12.2 Å². The number of para-hydroxylation sites is 1. The molecule has 1 aliphatic rings. The van der Waals surface area contributed by atoms with Crippen LogP contribution in [0.4, 0.5) is 14.9 Å². The molecule has 2 amide bonds. The Morgan fingerprint density at radius 2 is 2.28 bits per heavy atom. The van der Waals surface area contributed by atoms with Crippen molar-refractivity contribution in [2.24, 2.45) is 5.92 Å². The molecule has 4 heteroatoms. The zero-order valence-corrected chi connectivity index (χ0v) is 10.9. The molecule has 1 atom stereocenters. The number of benzene rings is 1. The molecule has 0 aromatic heterocycles. The standard InChI is InChI=1S/C14H19FN2O/c1-10-5-4-8-17(9-10)14(18)16-13-11(2)6-3-7-12(13)15/h3,6-7,10H,4-5,8-9H2,1-2H3,(H,16,18). The van der Waals surface area contributed by atoms with Crippen LogP contribution in [-0.4, -0.2) is 24.0 Å². The normalized spacial score (nSPS) is 19.7. The van der Waals surface area contributed by atoms with E-state index >= 15 is 0 Å². The van der Waals surface area contributed by atoms with Gasteiger partial charge in [-0.15, -0.1) is 0 Å². The first-order chi connectivity index (χ1) is 8.58. The highest BCUT2D eigenvalue weighted by molar-refractivity contribution is 5.90. The molecule has 0 bridgehead atoms. The summed E-state index contributed by atoms with van der Waals surface area (Å²) in [5.74, 6) is 0.139. The average Bonchev–Trinajstić information content (AvgIpc) is 2.34. The van der Waals surface area contributed by atoms with Crippen LogP contribution >= 0.6 is 0 Å². The van der Waals surface area contributed by atoms with Crippen molar-refractivity contribution in [3.8, 4) is 0 Å². The molecule has 1 fully saturated rings. The number of amides is 2. The second-order valence-electron chi connectivity index (χ2n) is 5.06. The van der Waals surface area contributed by atoms with Gasteiger partial charge in [-0.25, -0.2) is 9.18 Å². The van der Waals surface area contributed by atoms with E-state index in [9.17, 15) is 9.18 Å². The van der Waals surface area contributed by atoms with Crippen LogP contribution in [0.1, 0.15) is 25.3 Å². The van der Waals surface area contributed by atoms with Crippen molar-refractivity contribution < 1.29 is 9.18 Å². The van der Waals surface area contributed by atoms with Crippen molar-refractivity contribution in [3.05, 3.63) is 29.6 Å². The summed E-state index contributed by atoms with van der Waals surface area (Å²) in [4.78, 5) is 13.8. The van der Waals surface area contributed by atoms with E-state index in [0.29, 0.717) is 11.6 Å². The number of likely N-dealkylation sites (tertiary alicyclic amines) is 1. The number of carbonyl (C=O) groups is 1. The third-order valence-corrected chi connectivity index (χ3v) is 3.40. The zero-order valence-electron chi connectivity index (χ0n) is 10.9. The van der Waals surface area contributed by atoms with Gasteiger partial charge in [-0.1, -0.05) is 19.1 Å². The fourth-order valence-electron chi connectivity index (χ4n) is 2.35. The van der Waals surface area contributed by atoms with Crippen LogP contribution in [0.25, 0.3) is 0 Å². The maximum Gasteiger partial charge on any atom is 0.321 e. The van der Waals surface area contributed by atoms with Gasteiger partial charge >= 0.3 is 6.03 Å². The number of hydrogen-bond acceptors (Lipinski definition) is 1. The fraction of sp³-hybridized carbons (Fsp3) is 0.500. The highest BCUT2D eigenvalue weighted by atomic mass is 19.1. The predicted octanol–water partition coefficient (Wildman–Crippen LogP) is 3.40. The molecule has 1 saturated heterocycles. The molecule has 2 rings (SSSR count). The number of rotatable bonds is 1. The molecule has 98 valence electrons. The van der Waals surface area contributed by atoms with E-state index in [4.69, 9.17) is 0 Å². The number of piperidine rings is 1. The SMILES string of the molecule is Cc1cccc(F)c1NC(=O)N1CCCC(C)C1. The number of halogens is 1. The van der Waals surface area contributed by atoms with Gasteiger partial charge in [0.2, 0.25) is 0 Å². The quantitative estimate of drug-likeness (QED) is 0.814. The second kappa shape index (κ2) is 5.38. The van der Waals surface area contributed by atoms with Gasteiger partial charge in [-0.05, 0) is 37.3 Å². The van der Waals surface area contributed by atoms with Crippen LogP contribution in [0, 0.1) is 18.7 Å². The van der Waals surface area contributed by atoms with Crippen LogP contribution in [-0.2, 0) is 0 Å². The summed E-state index contributed by atoms with van der Waals surface area (Å²) in [6.45, 7) is 5.42. The van der Waals surface area contributed by atoms with E-state index in [-0.39, 0.29) is 11.8 Å². The molecule has 0 radical (unpaired) electrons. The number of carbonyl (C=O) groups excluding carboxylic acids is 1. The topological polar surface area (TPSA) is 32.3 Å². The molecule has 1 N–H and O–H groups in total. The Morgan fingerprint density at radius 1 is 1.50 bits per heavy atom. The predicted molar refractivity (Wildman–Crippen MR) is 70.1 cm³/mol. The number of nitrogens with zero attached hydrogens (tertiary/aromatic N) is 1. The lowest BCUT2D eigenvalue weighted by molar-refractivity contribution is 0.182. The smallest absolute Gasteiger partial charge is 0.321 e. The maximum absolute atomic E-state index is 13.6. The van der Waals surface area contributed by atoms with Crippen molar-refractivity contribution in [1.29, 1.82) is 0 Å². The van der Waals surface area contributed by atoms with Gasteiger partial charge in [0.05, 0.1) is 5.69 Å². The van der Waals surface area contributed by atoms with Crippen molar-refractivity contribution in [1.82, 2.24) is 4.90 Å². The van der Waals surface area contributed by atoms with Gasteiger partial charge < -0.3 is 10.2 Å². The van der Waals surface area contributed by atoms with Crippen LogP contribution in [0.3, 0.4) is 0 Å². The Kier molecular flexibility index (Phi) is 3.84.